The molecule has 154 valence electrons. The summed E-state index contributed by atoms with van der Waals surface area (Å²) in [6, 6.07) is 9.13. The third kappa shape index (κ3) is 6.44. The number of halogens is 1. The molecule has 0 bridgehead atoms. The molecule has 0 unspecified atom stereocenters. The Kier molecular flexibility index (Phi) is 9.17. The van der Waals surface area contributed by atoms with Crippen molar-refractivity contribution in [1.29, 1.82) is 0 Å². The van der Waals surface area contributed by atoms with Gasteiger partial charge in [-0.3, -0.25) is 9.58 Å². The molecule has 1 aliphatic heterocycles. The molecule has 1 aliphatic rings. The zero-order valence-corrected chi connectivity index (χ0v) is 19.4. The van der Waals surface area contributed by atoms with E-state index in [1.54, 1.807) is 11.0 Å². The number of aliphatic imine (C=N–C) groups is 1. The van der Waals surface area contributed by atoms with Crippen molar-refractivity contribution in [2.75, 3.05) is 19.6 Å². The van der Waals surface area contributed by atoms with Crippen molar-refractivity contribution < 1.29 is 0 Å². The van der Waals surface area contributed by atoms with Gasteiger partial charge in [0, 0.05) is 39.3 Å². The molecule has 2 heterocycles. The fraction of sp³-hybridized carbons (Fsp3) is 0.550. The maximum absolute atomic E-state index is 4.67. The minimum atomic E-state index is 0. The second-order valence-corrected chi connectivity index (χ2v) is 7.12. The minimum Gasteiger partial charge on any atom is -0.357 e. The molecule has 8 heteroatoms. The monoisotopic (exact) mass is 497 g/mol. The van der Waals surface area contributed by atoms with Crippen molar-refractivity contribution in [3.05, 3.63) is 47.5 Å². The van der Waals surface area contributed by atoms with E-state index in [-0.39, 0.29) is 24.0 Å². The summed E-state index contributed by atoms with van der Waals surface area (Å²) in [6.45, 7) is 8.90. The highest BCUT2D eigenvalue weighted by atomic mass is 127. The van der Waals surface area contributed by atoms with Gasteiger partial charge < -0.3 is 10.6 Å². The lowest BCUT2D eigenvalue weighted by atomic mass is 10.0. The lowest BCUT2D eigenvalue weighted by molar-refractivity contribution is 0.198. The number of piperidine rings is 1. The second kappa shape index (κ2) is 11.4. The Labute approximate surface area is 185 Å². The van der Waals surface area contributed by atoms with E-state index < -0.39 is 0 Å². The van der Waals surface area contributed by atoms with Crippen molar-refractivity contribution in [2.45, 2.75) is 45.8 Å². The molecule has 1 aromatic heterocycles. The molecule has 0 radical (unpaired) electrons. The zero-order chi connectivity index (χ0) is 19.1. The van der Waals surface area contributed by atoms with Crippen LogP contribution in [0.5, 0.6) is 0 Å². The smallest absolute Gasteiger partial charge is 0.191 e. The van der Waals surface area contributed by atoms with Crippen LogP contribution in [0.15, 0.2) is 35.6 Å². The molecule has 0 aliphatic carbocycles. The summed E-state index contributed by atoms with van der Waals surface area (Å²) in [6.07, 6.45) is 3.82. The molecule has 1 saturated heterocycles. The van der Waals surface area contributed by atoms with Gasteiger partial charge in [-0.05, 0) is 37.8 Å². The number of benzene rings is 1. The Balaban J connectivity index is 0.00000280. The van der Waals surface area contributed by atoms with Gasteiger partial charge in [0.2, 0.25) is 0 Å². The first-order valence-corrected chi connectivity index (χ1v) is 9.80. The summed E-state index contributed by atoms with van der Waals surface area (Å²) in [7, 11) is 1.89. The van der Waals surface area contributed by atoms with Crippen LogP contribution in [-0.2, 0) is 20.1 Å². The largest absolute Gasteiger partial charge is 0.357 e. The SMILES string of the molecule is CCNC(=NCc1ncnn1C)NC1CCN(Cc2ccccc2C)CC1.I. The Morgan fingerprint density at radius 1 is 1.25 bits per heavy atom. The van der Waals surface area contributed by atoms with Crippen LogP contribution in [0.4, 0.5) is 0 Å². The van der Waals surface area contributed by atoms with Crippen LogP contribution >= 0.6 is 24.0 Å². The number of aromatic nitrogens is 3. The van der Waals surface area contributed by atoms with E-state index in [1.807, 2.05) is 7.05 Å². The Hall–Kier alpha value is -1.68. The molecule has 7 nitrogen and oxygen atoms in total. The van der Waals surface area contributed by atoms with Crippen LogP contribution in [0.1, 0.15) is 36.7 Å². The summed E-state index contributed by atoms with van der Waals surface area (Å²) >= 11 is 0. The highest BCUT2D eigenvalue weighted by molar-refractivity contribution is 14.0. The lowest BCUT2D eigenvalue weighted by Gasteiger charge is -2.33. The van der Waals surface area contributed by atoms with Crippen molar-refractivity contribution in [3.8, 4) is 0 Å². The van der Waals surface area contributed by atoms with Crippen molar-refractivity contribution in [2.24, 2.45) is 12.0 Å². The Morgan fingerprint density at radius 3 is 2.64 bits per heavy atom. The van der Waals surface area contributed by atoms with E-state index in [2.05, 4.69) is 68.7 Å². The van der Waals surface area contributed by atoms with E-state index in [0.717, 1.165) is 50.8 Å². The van der Waals surface area contributed by atoms with Gasteiger partial charge in [0.05, 0.1) is 0 Å². The molecular weight excluding hydrogens is 465 g/mol. The average molecular weight is 497 g/mol. The summed E-state index contributed by atoms with van der Waals surface area (Å²) in [4.78, 5) is 11.4. The summed E-state index contributed by atoms with van der Waals surface area (Å²) < 4.78 is 1.76. The van der Waals surface area contributed by atoms with Crippen molar-refractivity contribution >= 4 is 29.9 Å². The highest BCUT2D eigenvalue weighted by Gasteiger charge is 2.20. The van der Waals surface area contributed by atoms with E-state index in [9.17, 15) is 0 Å². The van der Waals surface area contributed by atoms with Crippen molar-refractivity contribution in [1.82, 2.24) is 30.3 Å². The molecule has 0 saturated carbocycles. The number of rotatable bonds is 6. The van der Waals surface area contributed by atoms with Gasteiger partial charge in [-0.2, -0.15) is 5.10 Å². The van der Waals surface area contributed by atoms with Gasteiger partial charge in [0.1, 0.15) is 18.7 Å². The number of nitrogens with zero attached hydrogens (tertiary/aromatic N) is 5. The minimum absolute atomic E-state index is 0. The van der Waals surface area contributed by atoms with E-state index in [1.165, 1.54) is 11.1 Å². The molecule has 1 fully saturated rings. The van der Waals surface area contributed by atoms with Gasteiger partial charge in [0.15, 0.2) is 5.96 Å². The summed E-state index contributed by atoms with van der Waals surface area (Å²) in [5, 5.41) is 11.0. The molecule has 0 atom stereocenters. The molecule has 2 N–H and O–H groups in total. The number of hydrogen-bond donors (Lipinski definition) is 2. The standard InChI is InChI=1S/C20H31N7.HI/c1-4-21-20(22-13-19-23-15-24-26(19)3)25-18-9-11-27(12-10-18)14-17-8-6-5-7-16(17)2;/h5-8,15,18H,4,9-14H2,1-3H3,(H2,21,22,25);1H. The fourth-order valence-corrected chi connectivity index (χ4v) is 3.39. The maximum atomic E-state index is 4.67. The third-order valence-corrected chi connectivity index (χ3v) is 5.11. The average Bonchev–Trinajstić information content (AvgIpc) is 3.08. The Bertz CT molecular complexity index is 751. The van der Waals surface area contributed by atoms with Gasteiger partial charge >= 0.3 is 0 Å². The Morgan fingerprint density at radius 2 is 2.00 bits per heavy atom. The van der Waals surface area contributed by atoms with Crippen LogP contribution in [-0.4, -0.2) is 51.3 Å². The number of hydrogen-bond acceptors (Lipinski definition) is 4. The third-order valence-electron chi connectivity index (χ3n) is 5.11. The molecule has 0 amide bonds. The van der Waals surface area contributed by atoms with E-state index in [0.29, 0.717) is 12.6 Å². The molecular formula is C20H32IN7. The topological polar surface area (TPSA) is 70.4 Å². The molecule has 3 rings (SSSR count). The zero-order valence-electron chi connectivity index (χ0n) is 17.1. The van der Waals surface area contributed by atoms with Gasteiger partial charge in [-0.1, -0.05) is 24.3 Å². The predicted octanol–water partition coefficient (Wildman–Crippen LogP) is 2.46. The predicted molar refractivity (Wildman–Crippen MR) is 124 cm³/mol. The first kappa shape index (κ1) is 22.6. The van der Waals surface area contributed by atoms with Crippen LogP contribution < -0.4 is 10.6 Å². The van der Waals surface area contributed by atoms with Crippen LogP contribution in [0, 0.1) is 6.92 Å². The highest BCUT2D eigenvalue weighted by Crippen LogP contribution is 2.16. The maximum Gasteiger partial charge on any atom is 0.191 e. The number of likely N-dealkylation sites (tertiary alicyclic amines) is 1. The normalized spacial score (nSPS) is 15.9. The molecule has 0 spiro atoms. The summed E-state index contributed by atoms with van der Waals surface area (Å²) in [5.74, 6) is 1.72. The van der Waals surface area contributed by atoms with Crippen molar-refractivity contribution in [3.63, 3.8) is 0 Å². The van der Waals surface area contributed by atoms with Gasteiger partial charge in [-0.15, -0.1) is 24.0 Å². The van der Waals surface area contributed by atoms with E-state index in [4.69, 9.17) is 0 Å². The van der Waals surface area contributed by atoms with Crippen LogP contribution in [0.3, 0.4) is 0 Å². The molecule has 2 aromatic rings. The number of aryl methyl sites for hydroxylation is 2. The number of nitrogens with one attached hydrogen (secondary N) is 2. The first-order valence-electron chi connectivity index (χ1n) is 9.80. The van der Waals surface area contributed by atoms with Gasteiger partial charge in [0.25, 0.3) is 0 Å². The second-order valence-electron chi connectivity index (χ2n) is 7.12. The van der Waals surface area contributed by atoms with Crippen LogP contribution in [0.2, 0.25) is 0 Å². The number of guanidine groups is 1. The lowest BCUT2D eigenvalue weighted by Crippen LogP contribution is -2.48. The van der Waals surface area contributed by atoms with E-state index >= 15 is 0 Å². The molecule has 1 aromatic carbocycles. The first-order chi connectivity index (χ1) is 13.2. The van der Waals surface area contributed by atoms with Crippen LogP contribution in [0.25, 0.3) is 0 Å². The summed E-state index contributed by atoms with van der Waals surface area (Å²) in [5.41, 5.74) is 2.81. The molecule has 28 heavy (non-hydrogen) atoms. The fourth-order valence-electron chi connectivity index (χ4n) is 3.39. The van der Waals surface area contributed by atoms with Gasteiger partial charge in [-0.25, -0.2) is 9.98 Å². The quantitative estimate of drug-likeness (QED) is 0.365.